The van der Waals surface area contributed by atoms with Crippen LogP contribution in [0.3, 0.4) is 0 Å². The third-order valence-electron chi connectivity index (χ3n) is 5.01. The fourth-order valence-electron chi connectivity index (χ4n) is 3.18. The van der Waals surface area contributed by atoms with Gasteiger partial charge in [0.1, 0.15) is 0 Å². The highest BCUT2D eigenvalue weighted by Crippen LogP contribution is 2.38. The Labute approximate surface area is 143 Å². The number of para-hydroxylation sites is 2. The van der Waals surface area contributed by atoms with Crippen LogP contribution in [0.4, 0.5) is 11.4 Å². The first-order chi connectivity index (χ1) is 11.4. The Balaban J connectivity index is 1.94. The van der Waals surface area contributed by atoms with E-state index in [-0.39, 0.29) is 5.54 Å². The summed E-state index contributed by atoms with van der Waals surface area (Å²) in [6.45, 7) is 8.27. The minimum atomic E-state index is -0.885. The van der Waals surface area contributed by atoms with Gasteiger partial charge in [0.05, 0.1) is 22.5 Å². The van der Waals surface area contributed by atoms with E-state index in [0.29, 0.717) is 18.0 Å². The summed E-state index contributed by atoms with van der Waals surface area (Å²) in [5, 5.41) is 12.9. The van der Waals surface area contributed by atoms with E-state index in [1.807, 2.05) is 24.3 Å². The number of carbonyl (C=O) groups is 1. The van der Waals surface area contributed by atoms with Crippen LogP contribution in [0.5, 0.6) is 0 Å². The van der Waals surface area contributed by atoms with Gasteiger partial charge < -0.3 is 15.3 Å². The van der Waals surface area contributed by atoms with Crippen molar-refractivity contribution in [1.29, 1.82) is 0 Å². The molecule has 0 radical (unpaired) electrons. The van der Waals surface area contributed by atoms with Gasteiger partial charge in [0.15, 0.2) is 0 Å². The fourth-order valence-corrected chi connectivity index (χ4v) is 3.18. The van der Waals surface area contributed by atoms with Crippen LogP contribution in [0.1, 0.15) is 36.7 Å². The molecule has 24 heavy (non-hydrogen) atoms. The van der Waals surface area contributed by atoms with E-state index in [1.165, 1.54) is 0 Å². The van der Waals surface area contributed by atoms with Crippen molar-refractivity contribution in [3.8, 4) is 0 Å². The van der Waals surface area contributed by atoms with Crippen LogP contribution in [0, 0.1) is 5.92 Å². The number of rotatable bonds is 4. The highest BCUT2D eigenvalue weighted by Gasteiger charge is 2.35. The van der Waals surface area contributed by atoms with Crippen LogP contribution in [0.25, 0.3) is 0 Å². The van der Waals surface area contributed by atoms with Crippen molar-refractivity contribution in [1.82, 2.24) is 0 Å². The monoisotopic (exact) mass is 324 g/mol. The fraction of sp³-hybridized carbons (Fsp3) is 0.350. The maximum Gasteiger partial charge on any atom is 0.335 e. The summed E-state index contributed by atoms with van der Waals surface area (Å²) in [7, 11) is 0. The van der Waals surface area contributed by atoms with Crippen LogP contribution in [0.15, 0.2) is 48.5 Å². The Kier molecular flexibility index (Phi) is 4.22. The van der Waals surface area contributed by atoms with Crippen molar-refractivity contribution in [2.45, 2.75) is 32.9 Å². The summed E-state index contributed by atoms with van der Waals surface area (Å²) in [4.78, 5) is 13.6. The van der Waals surface area contributed by atoms with E-state index in [9.17, 15) is 9.90 Å². The molecule has 2 aromatic carbocycles. The first-order valence-electron chi connectivity index (χ1n) is 8.33. The second kappa shape index (κ2) is 6.19. The molecule has 0 spiro atoms. The maximum absolute atomic E-state index is 11.2. The Hall–Kier alpha value is -2.49. The quantitative estimate of drug-likeness (QED) is 0.883. The van der Waals surface area contributed by atoms with Crippen LogP contribution >= 0.6 is 0 Å². The van der Waals surface area contributed by atoms with Crippen molar-refractivity contribution in [2.75, 3.05) is 16.8 Å². The second-order valence-corrected chi connectivity index (χ2v) is 7.08. The minimum Gasteiger partial charge on any atom is -0.478 e. The van der Waals surface area contributed by atoms with Crippen LogP contribution < -0.4 is 10.2 Å². The molecule has 0 amide bonds. The van der Waals surface area contributed by atoms with E-state index in [2.05, 4.69) is 43.1 Å². The Morgan fingerprint density at radius 1 is 1.25 bits per heavy atom. The summed E-state index contributed by atoms with van der Waals surface area (Å²) < 4.78 is 0. The summed E-state index contributed by atoms with van der Waals surface area (Å²) in [6.07, 6.45) is 0. The second-order valence-electron chi connectivity index (χ2n) is 7.08. The van der Waals surface area contributed by atoms with Gasteiger partial charge in [-0.15, -0.1) is 0 Å². The van der Waals surface area contributed by atoms with Crippen molar-refractivity contribution in [3.05, 3.63) is 59.7 Å². The van der Waals surface area contributed by atoms with Gasteiger partial charge in [0, 0.05) is 13.1 Å². The molecule has 1 aliphatic rings. The first kappa shape index (κ1) is 16.4. The molecule has 0 saturated heterocycles. The third kappa shape index (κ3) is 3.09. The molecule has 1 heterocycles. The Morgan fingerprint density at radius 2 is 2.00 bits per heavy atom. The van der Waals surface area contributed by atoms with Crippen LogP contribution in [-0.4, -0.2) is 23.2 Å². The zero-order valence-corrected chi connectivity index (χ0v) is 14.4. The highest BCUT2D eigenvalue weighted by molar-refractivity contribution is 5.87. The zero-order valence-electron chi connectivity index (χ0n) is 14.4. The van der Waals surface area contributed by atoms with Gasteiger partial charge >= 0.3 is 5.97 Å². The molecule has 0 fully saturated rings. The van der Waals surface area contributed by atoms with Crippen LogP contribution in [-0.2, 0) is 6.54 Å². The SMILES string of the molecule is CC(C)C1(C)CN(Cc2cccc(C(=O)O)c2)c2ccccc2N1. The van der Waals surface area contributed by atoms with E-state index in [4.69, 9.17) is 0 Å². The number of nitrogens with one attached hydrogen (secondary N) is 1. The molecule has 2 N–H and O–H groups in total. The molecule has 4 nitrogen and oxygen atoms in total. The lowest BCUT2D eigenvalue weighted by atomic mass is 9.85. The molecule has 3 rings (SSSR count). The summed E-state index contributed by atoms with van der Waals surface area (Å²) in [5.74, 6) is -0.414. The lowest BCUT2D eigenvalue weighted by Crippen LogP contribution is -2.53. The molecule has 0 bridgehead atoms. The van der Waals surface area contributed by atoms with E-state index >= 15 is 0 Å². The molecule has 0 aromatic heterocycles. The molecule has 4 heteroatoms. The normalized spacial score (nSPS) is 19.8. The molecular weight excluding hydrogens is 300 g/mol. The Morgan fingerprint density at radius 3 is 2.71 bits per heavy atom. The third-order valence-corrected chi connectivity index (χ3v) is 5.01. The number of carboxylic acids is 1. The maximum atomic E-state index is 11.2. The van der Waals surface area contributed by atoms with Crippen molar-refractivity contribution in [3.63, 3.8) is 0 Å². The topological polar surface area (TPSA) is 52.6 Å². The number of hydrogen-bond acceptors (Lipinski definition) is 3. The van der Waals surface area contributed by atoms with E-state index < -0.39 is 5.97 Å². The van der Waals surface area contributed by atoms with E-state index in [1.54, 1.807) is 12.1 Å². The van der Waals surface area contributed by atoms with Gasteiger partial charge in [0.2, 0.25) is 0 Å². The van der Waals surface area contributed by atoms with Gasteiger partial charge in [-0.05, 0) is 42.7 Å². The van der Waals surface area contributed by atoms with Gasteiger partial charge in [-0.2, -0.15) is 0 Å². The lowest BCUT2D eigenvalue weighted by molar-refractivity contribution is 0.0696. The van der Waals surface area contributed by atoms with Gasteiger partial charge in [0.25, 0.3) is 0 Å². The predicted molar refractivity (Wildman–Crippen MR) is 97.8 cm³/mol. The summed E-state index contributed by atoms with van der Waals surface area (Å²) in [6, 6.07) is 15.5. The average Bonchev–Trinajstić information content (AvgIpc) is 2.55. The zero-order chi connectivity index (χ0) is 17.3. The Bertz CT molecular complexity index is 757. The molecule has 1 atom stereocenters. The number of nitrogens with zero attached hydrogens (tertiary/aromatic N) is 1. The first-order valence-corrected chi connectivity index (χ1v) is 8.33. The van der Waals surface area contributed by atoms with Crippen molar-refractivity contribution < 1.29 is 9.90 Å². The molecule has 0 aliphatic carbocycles. The van der Waals surface area contributed by atoms with Crippen molar-refractivity contribution >= 4 is 17.3 Å². The van der Waals surface area contributed by atoms with Crippen LogP contribution in [0.2, 0.25) is 0 Å². The smallest absolute Gasteiger partial charge is 0.335 e. The van der Waals surface area contributed by atoms with Gasteiger partial charge in [-0.3, -0.25) is 0 Å². The number of hydrogen-bond donors (Lipinski definition) is 2. The largest absolute Gasteiger partial charge is 0.478 e. The highest BCUT2D eigenvalue weighted by atomic mass is 16.4. The molecule has 2 aromatic rings. The number of fused-ring (bicyclic) bond motifs is 1. The number of anilines is 2. The molecule has 1 aliphatic heterocycles. The molecule has 126 valence electrons. The number of carboxylic acid groups (broad SMARTS) is 1. The average molecular weight is 324 g/mol. The summed E-state index contributed by atoms with van der Waals surface area (Å²) >= 11 is 0. The summed E-state index contributed by atoms with van der Waals surface area (Å²) in [5.41, 5.74) is 3.62. The lowest BCUT2D eigenvalue weighted by Gasteiger charge is -2.46. The van der Waals surface area contributed by atoms with Gasteiger partial charge in [-0.1, -0.05) is 38.1 Å². The van der Waals surface area contributed by atoms with E-state index in [0.717, 1.165) is 23.5 Å². The molecule has 1 unspecified atom stereocenters. The van der Waals surface area contributed by atoms with Gasteiger partial charge in [-0.25, -0.2) is 4.79 Å². The number of benzene rings is 2. The standard InChI is InChI=1S/C20H24N2O2/c1-14(2)20(3)13-22(18-10-5-4-9-17(18)21-20)12-15-7-6-8-16(11-15)19(23)24/h4-11,14,21H,12-13H2,1-3H3,(H,23,24). The molecule has 0 saturated carbocycles. The number of aromatic carboxylic acids is 1. The minimum absolute atomic E-state index is 0.0290. The molecular formula is C20H24N2O2. The van der Waals surface area contributed by atoms with Crippen molar-refractivity contribution in [2.24, 2.45) is 5.92 Å². The predicted octanol–water partition coefficient (Wildman–Crippen LogP) is 4.23.